The molecule has 0 aliphatic rings. The monoisotopic (exact) mass is 454 g/mol. The molecule has 1 N–H and O–H groups in total. The lowest BCUT2D eigenvalue weighted by Crippen LogP contribution is -2.34. The van der Waals surface area contributed by atoms with Crippen molar-refractivity contribution in [3.05, 3.63) is 34.2 Å². The number of alkyl halides is 3. The van der Waals surface area contributed by atoms with Gasteiger partial charge in [0.25, 0.3) is 5.56 Å². The molecule has 0 atom stereocenters. The van der Waals surface area contributed by atoms with E-state index in [2.05, 4.69) is 4.98 Å². The second-order valence-corrected chi connectivity index (χ2v) is 8.57. The van der Waals surface area contributed by atoms with Gasteiger partial charge >= 0.3 is 6.18 Å². The van der Waals surface area contributed by atoms with Gasteiger partial charge in [-0.2, -0.15) is 13.2 Å². The smallest absolute Gasteiger partial charge is 0.292 e. The van der Waals surface area contributed by atoms with Crippen LogP contribution >= 0.6 is 12.4 Å². The van der Waals surface area contributed by atoms with E-state index in [9.17, 15) is 26.4 Å². The molecule has 0 aliphatic heterocycles. The molecule has 0 fully saturated rings. The van der Waals surface area contributed by atoms with Crippen molar-refractivity contribution >= 4 is 39.2 Å². The van der Waals surface area contributed by atoms with Gasteiger partial charge < -0.3 is 0 Å². The van der Waals surface area contributed by atoms with Crippen molar-refractivity contribution in [2.24, 2.45) is 0 Å². The number of imidazole rings is 2. The van der Waals surface area contributed by atoms with Crippen LogP contribution in [-0.2, 0) is 16.6 Å². The number of nitrogens with zero attached hydrogens (tertiary/aromatic N) is 3. The number of rotatable bonds is 9. The first-order valence-corrected chi connectivity index (χ1v) is 10.6. The normalized spacial score (nSPS) is 12.7. The van der Waals surface area contributed by atoms with Gasteiger partial charge in [-0.1, -0.05) is 18.9 Å². The standard InChI is InChI=1S/C17H21F3N4O3S.ClH/c1-12-15-16(25)23(14-8-6-7-13(22-12)24(14)15)10-5-3-2-4-9-21-28(26,27)11-17(18,19)20;/h6-8,21H,2-5,9-11H2,1H3;1H. The Bertz CT molecular complexity index is 1120. The number of aryl methyl sites for hydroxylation is 2. The van der Waals surface area contributed by atoms with Crippen LogP contribution < -0.4 is 10.3 Å². The zero-order chi connectivity index (χ0) is 20.5. The van der Waals surface area contributed by atoms with E-state index in [1.165, 1.54) is 0 Å². The molecule has 0 saturated heterocycles. The fraction of sp³-hybridized carbons (Fsp3) is 0.529. The lowest BCUT2D eigenvalue weighted by molar-refractivity contribution is -0.106. The first-order valence-electron chi connectivity index (χ1n) is 8.93. The Hall–Kier alpha value is -1.85. The second kappa shape index (κ2) is 8.88. The highest BCUT2D eigenvalue weighted by Gasteiger charge is 2.34. The summed E-state index contributed by atoms with van der Waals surface area (Å²) in [6.07, 6.45) is -2.23. The number of hydrogen-bond acceptors (Lipinski definition) is 4. The summed E-state index contributed by atoms with van der Waals surface area (Å²) < 4.78 is 64.4. The number of aromatic nitrogens is 3. The molecular weight excluding hydrogens is 433 g/mol. The molecule has 0 aromatic carbocycles. The van der Waals surface area contributed by atoms with Crippen LogP contribution in [0.2, 0.25) is 0 Å². The average molecular weight is 455 g/mol. The molecular formula is C17H22ClF3N4O3S. The zero-order valence-corrected chi connectivity index (χ0v) is 17.3. The summed E-state index contributed by atoms with van der Waals surface area (Å²) in [7, 11) is -4.34. The van der Waals surface area contributed by atoms with E-state index >= 15 is 0 Å². The highest BCUT2D eigenvalue weighted by Crippen LogP contribution is 2.18. The van der Waals surface area contributed by atoms with Gasteiger partial charge in [0.1, 0.15) is 16.8 Å². The van der Waals surface area contributed by atoms with Crippen LogP contribution in [0.1, 0.15) is 31.4 Å². The number of pyridine rings is 1. The van der Waals surface area contributed by atoms with Gasteiger partial charge in [-0.25, -0.2) is 18.1 Å². The van der Waals surface area contributed by atoms with E-state index in [1.54, 1.807) is 11.5 Å². The molecule has 29 heavy (non-hydrogen) atoms. The summed E-state index contributed by atoms with van der Waals surface area (Å²) in [5, 5.41) is 0. The highest BCUT2D eigenvalue weighted by molar-refractivity contribution is 7.89. The van der Waals surface area contributed by atoms with Crippen LogP contribution in [0, 0.1) is 6.92 Å². The van der Waals surface area contributed by atoms with Gasteiger partial charge in [-0.3, -0.25) is 13.8 Å². The van der Waals surface area contributed by atoms with Gasteiger partial charge in [0.05, 0.1) is 5.69 Å². The first kappa shape index (κ1) is 23.4. The second-order valence-electron chi connectivity index (χ2n) is 6.76. The molecule has 0 bridgehead atoms. The molecule has 3 aromatic rings. The highest BCUT2D eigenvalue weighted by atomic mass is 35.5. The number of halogens is 4. The summed E-state index contributed by atoms with van der Waals surface area (Å²) in [5.41, 5.74) is 2.67. The summed E-state index contributed by atoms with van der Waals surface area (Å²) in [6.45, 7) is 2.28. The molecule has 3 heterocycles. The number of unbranched alkanes of at least 4 members (excludes halogenated alkanes) is 3. The van der Waals surface area contributed by atoms with Crippen molar-refractivity contribution in [3.8, 4) is 0 Å². The molecule has 7 nitrogen and oxygen atoms in total. The third-order valence-corrected chi connectivity index (χ3v) is 5.86. The maximum Gasteiger partial charge on any atom is 0.404 e. The predicted molar refractivity (Wildman–Crippen MR) is 106 cm³/mol. The molecule has 0 radical (unpaired) electrons. The summed E-state index contributed by atoms with van der Waals surface area (Å²) in [6, 6.07) is 5.55. The van der Waals surface area contributed by atoms with Crippen molar-refractivity contribution in [2.75, 3.05) is 12.3 Å². The third kappa shape index (κ3) is 5.40. The Morgan fingerprint density at radius 1 is 1.14 bits per heavy atom. The maximum atomic E-state index is 12.6. The summed E-state index contributed by atoms with van der Waals surface area (Å²) in [4.78, 5) is 17.0. The van der Waals surface area contributed by atoms with Crippen LogP contribution in [0.25, 0.3) is 16.8 Å². The van der Waals surface area contributed by atoms with Crippen LogP contribution in [0.15, 0.2) is 23.0 Å². The van der Waals surface area contributed by atoms with E-state index in [1.807, 2.05) is 27.3 Å². The fourth-order valence-electron chi connectivity index (χ4n) is 3.34. The van der Waals surface area contributed by atoms with E-state index < -0.39 is 22.0 Å². The molecule has 12 heteroatoms. The number of hydrogen-bond donors (Lipinski definition) is 1. The van der Waals surface area contributed by atoms with Gasteiger partial charge in [-0.15, -0.1) is 12.4 Å². The van der Waals surface area contributed by atoms with Crippen molar-refractivity contribution in [2.45, 2.75) is 45.3 Å². The van der Waals surface area contributed by atoms with Crippen molar-refractivity contribution in [1.29, 1.82) is 0 Å². The summed E-state index contributed by atoms with van der Waals surface area (Å²) in [5.74, 6) is -1.86. The molecule has 3 aromatic heterocycles. The largest absolute Gasteiger partial charge is 0.404 e. The molecule has 3 rings (SSSR count). The average Bonchev–Trinajstić information content (AvgIpc) is 3.04. The van der Waals surface area contributed by atoms with Crippen LogP contribution in [-0.4, -0.2) is 40.8 Å². The lowest BCUT2D eigenvalue weighted by Gasteiger charge is -2.09. The summed E-state index contributed by atoms with van der Waals surface area (Å²) >= 11 is 0. The van der Waals surface area contributed by atoms with Crippen molar-refractivity contribution in [1.82, 2.24) is 18.7 Å². The lowest BCUT2D eigenvalue weighted by atomic mass is 10.2. The van der Waals surface area contributed by atoms with Gasteiger partial charge in [0.2, 0.25) is 10.0 Å². The SMILES string of the molecule is Cc1nc2cccc3n(CCCCCCNS(=O)(=O)CC(F)(F)F)c(=O)c1n23.Cl. The molecule has 0 saturated carbocycles. The van der Waals surface area contributed by atoms with Crippen LogP contribution in [0.3, 0.4) is 0 Å². The first-order chi connectivity index (χ1) is 13.1. The Morgan fingerprint density at radius 3 is 2.52 bits per heavy atom. The third-order valence-electron chi connectivity index (χ3n) is 4.51. The van der Waals surface area contributed by atoms with E-state index in [0.717, 1.165) is 17.7 Å². The Kier molecular flexibility index (Phi) is 7.18. The van der Waals surface area contributed by atoms with Crippen molar-refractivity contribution < 1.29 is 21.6 Å². The molecule has 0 amide bonds. The van der Waals surface area contributed by atoms with E-state index in [4.69, 9.17) is 0 Å². The van der Waals surface area contributed by atoms with E-state index in [0.29, 0.717) is 37.0 Å². The maximum absolute atomic E-state index is 12.6. The minimum Gasteiger partial charge on any atom is -0.292 e. The topological polar surface area (TPSA) is 85.5 Å². The predicted octanol–water partition coefficient (Wildman–Crippen LogP) is 2.86. The van der Waals surface area contributed by atoms with Crippen molar-refractivity contribution in [3.63, 3.8) is 0 Å². The van der Waals surface area contributed by atoms with Gasteiger partial charge in [0.15, 0.2) is 5.75 Å². The minimum atomic E-state index is -4.75. The van der Waals surface area contributed by atoms with Crippen LogP contribution in [0.4, 0.5) is 13.2 Å². The van der Waals surface area contributed by atoms with Crippen LogP contribution in [0.5, 0.6) is 0 Å². The quantitative estimate of drug-likeness (QED) is 0.504. The van der Waals surface area contributed by atoms with E-state index in [-0.39, 0.29) is 24.5 Å². The fourth-order valence-corrected chi connectivity index (χ4v) is 4.33. The molecule has 0 aliphatic carbocycles. The molecule has 162 valence electrons. The Morgan fingerprint density at radius 2 is 1.83 bits per heavy atom. The van der Waals surface area contributed by atoms with Gasteiger partial charge in [0, 0.05) is 13.1 Å². The minimum absolute atomic E-state index is 0. The molecule has 0 spiro atoms. The zero-order valence-electron chi connectivity index (χ0n) is 15.7. The number of sulfonamides is 1. The Balaban J connectivity index is 0.00000300. The molecule has 0 unspecified atom stereocenters. The number of nitrogens with one attached hydrogen (secondary N) is 1. The Labute approximate surface area is 171 Å². The van der Waals surface area contributed by atoms with Gasteiger partial charge in [-0.05, 0) is 31.9 Å².